The van der Waals surface area contributed by atoms with Crippen LogP contribution in [0.5, 0.6) is 0 Å². The van der Waals surface area contributed by atoms with Crippen molar-refractivity contribution in [2.45, 2.75) is 50.7 Å². The SMILES string of the molecule is CC(=O)NC(CC(=O)N1C2CCNCC1CC2)c1ccc(Br)cc1. The monoisotopic (exact) mass is 393 g/mol. The molecular formula is C18H24BrN3O2. The lowest BCUT2D eigenvalue weighted by atomic mass is 10.0. The van der Waals surface area contributed by atoms with Gasteiger partial charge in [0.1, 0.15) is 0 Å². The van der Waals surface area contributed by atoms with Gasteiger partial charge in [0.15, 0.2) is 0 Å². The molecule has 24 heavy (non-hydrogen) atoms. The predicted molar refractivity (Wildman–Crippen MR) is 96.5 cm³/mol. The van der Waals surface area contributed by atoms with Crippen LogP contribution in [-0.2, 0) is 9.59 Å². The number of carbonyl (C=O) groups is 2. The van der Waals surface area contributed by atoms with Crippen molar-refractivity contribution in [3.8, 4) is 0 Å². The molecule has 2 bridgehead atoms. The topological polar surface area (TPSA) is 61.4 Å². The van der Waals surface area contributed by atoms with Crippen molar-refractivity contribution in [1.82, 2.24) is 15.5 Å². The van der Waals surface area contributed by atoms with Gasteiger partial charge in [-0.25, -0.2) is 0 Å². The quantitative estimate of drug-likeness (QED) is 0.825. The second kappa shape index (κ2) is 7.66. The van der Waals surface area contributed by atoms with Gasteiger partial charge in [0.25, 0.3) is 0 Å². The van der Waals surface area contributed by atoms with Gasteiger partial charge in [0, 0.05) is 30.0 Å². The lowest BCUT2D eigenvalue weighted by Crippen LogP contribution is -2.44. The number of carbonyl (C=O) groups excluding carboxylic acids is 2. The third-order valence-electron chi connectivity index (χ3n) is 4.97. The summed E-state index contributed by atoms with van der Waals surface area (Å²) in [5, 5.41) is 6.35. The third kappa shape index (κ3) is 3.98. The van der Waals surface area contributed by atoms with Gasteiger partial charge >= 0.3 is 0 Å². The minimum absolute atomic E-state index is 0.115. The van der Waals surface area contributed by atoms with Crippen molar-refractivity contribution in [2.24, 2.45) is 0 Å². The summed E-state index contributed by atoms with van der Waals surface area (Å²) < 4.78 is 0.982. The zero-order chi connectivity index (χ0) is 17.1. The highest BCUT2D eigenvalue weighted by atomic mass is 79.9. The van der Waals surface area contributed by atoms with Crippen LogP contribution in [0.2, 0.25) is 0 Å². The van der Waals surface area contributed by atoms with E-state index in [2.05, 4.69) is 31.5 Å². The van der Waals surface area contributed by atoms with Crippen molar-refractivity contribution in [3.05, 3.63) is 34.3 Å². The maximum Gasteiger partial charge on any atom is 0.225 e. The molecule has 2 fully saturated rings. The largest absolute Gasteiger partial charge is 0.349 e. The number of nitrogens with one attached hydrogen (secondary N) is 2. The number of nitrogens with zero attached hydrogens (tertiary/aromatic N) is 1. The number of amides is 2. The van der Waals surface area contributed by atoms with E-state index in [1.807, 2.05) is 24.3 Å². The Kier molecular flexibility index (Phi) is 5.56. The van der Waals surface area contributed by atoms with Gasteiger partial charge < -0.3 is 15.5 Å². The maximum absolute atomic E-state index is 13.0. The Morgan fingerprint density at radius 1 is 1.25 bits per heavy atom. The molecule has 130 valence electrons. The zero-order valence-corrected chi connectivity index (χ0v) is 15.5. The average Bonchev–Trinajstić information content (AvgIpc) is 2.80. The van der Waals surface area contributed by atoms with E-state index in [1.54, 1.807) is 0 Å². The second-order valence-corrected chi connectivity index (χ2v) is 7.60. The molecule has 2 N–H and O–H groups in total. The van der Waals surface area contributed by atoms with E-state index in [0.29, 0.717) is 18.5 Å². The van der Waals surface area contributed by atoms with Crippen LogP contribution in [-0.4, -0.2) is 41.9 Å². The Bertz CT molecular complexity index is 591. The average molecular weight is 394 g/mol. The number of hydrogen-bond acceptors (Lipinski definition) is 3. The highest BCUT2D eigenvalue weighted by molar-refractivity contribution is 9.10. The zero-order valence-electron chi connectivity index (χ0n) is 13.9. The highest BCUT2D eigenvalue weighted by Gasteiger charge is 2.38. The van der Waals surface area contributed by atoms with Crippen LogP contribution in [0.25, 0.3) is 0 Å². The molecule has 2 aliphatic rings. The summed E-state index contributed by atoms with van der Waals surface area (Å²) in [5.41, 5.74) is 0.960. The summed E-state index contributed by atoms with van der Waals surface area (Å²) >= 11 is 3.42. The van der Waals surface area contributed by atoms with Gasteiger partial charge in [0.2, 0.25) is 11.8 Å². The van der Waals surface area contributed by atoms with Crippen molar-refractivity contribution >= 4 is 27.7 Å². The van der Waals surface area contributed by atoms with Crippen molar-refractivity contribution in [2.75, 3.05) is 13.1 Å². The molecule has 0 aromatic heterocycles. The first kappa shape index (κ1) is 17.4. The summed E-state index contributed by atoms with van der Waals surface area (Å²) in [6.45, 7) is 3.36. The van der Waals surface area contributed by atoms with Crippen LogP contribution in [0.3, 0.4) is 0 Å². The molecule has 6 heteroatoms. The Balaban J connectivity index is 1.75. The molecule has 2 saturated heterocycles. The fourth-order valence-electron chi connectivity index (χ4n) is 3.86. The standard InChI is InChI=1S/C18H24BrN3O2/c1-12(23)21-17(13-2-4-14(19)5-3-13)10-18(24)22-15-6-7-16(22)11-20-9-8-15/h2-5,15-17,20H,6-11H2,1H3,(H,21,23). The van der Waals surface area contributed by atoms with E-state index >= 15 is 0 Å². The first-order valence-corrected chi connectivity index (χ1v) is 9.38. The van der Waals surface area contributed by atoms with Gasteiger partial charge in [-0.05, 0) is 43.5 Å². The lowest BCUT2D eigenvalue weighted by Gasteiger charge is -2.30. The summed E-state index contributed by atoms with van der Waals surface area (Å²) in [4.78, 5) is 26.7. The summed E-state index contributed by atoms with van der Waals surface area (Å²) in [7, 11) is 0. The molecule has 1 aromatic carbocycles. The van der Waals surface area contributed by atoms with E-state index in [9.17, 15) is 9.59 Å². The lowest BCUT2D eigenvalue weighted by molar-refractivity contribution is -0.134. The van der Waals surface area contributed by atoms with Crippen molar-refractivity contribution < 1.29 is 9.59 Å². The smallest absolute Gasteiger partial charge is 0.225 e. The van der Waals surface area contributed by atoms with Gasteiger partial charge in [-0.1, -0.05) is 28.1 Å². The van der Waals surface area contributed by atoms with Crippen LogP contribution in [0.1, 0.15) is 44.2 Å². The number of rotatable bonds is 4. The van der Waals surface area contributed by atoms with Gasteiger partial charge in [-0.15, -0.1) is 0 Å². The van der Waals surface area contributed by atoms with E-state index < -0.39 is 0 Å². The molecule has 3 unspecified atom stereocenters. The first-order valence-electron chi connectivity index (χ1n) is 8.59. The highest BCUT2D eigenvalue weighted by Crippen LogP contribution is 2.30. The molecule has 2 heterocycles. The Hall–Kier alpha value is -1.40. The molecule has 1 aromatic rings. The molecule has 2 amide bonds. The number of benzene rings is 1. The Morgan fingerprint density at radius 3 is 2.67 bits per heavy atom. The molecule has 5 nitrogen and oxygen atoms in total. The molecule has 0 aliphatic carbocycles. The van der Waals surface area contributed by atoms with Crippen LogP contribution >= 0.6 is 15.9 Å². The predicted octanol–water partition coefficient (Wildman–Crippen LogP) is 2.37. The summed E-state index contributed by atoms with van der Waals surface area (Å²) in [5.74, 6) is 0.0316. The molecule has 0 radical (unpaired) electrons. The molecular weight excluding hydrogens is 370 g/mol. The Labute approximate surface area is 151 Å². The minimum Gasteiger partial charge on any atom is -0.349 e. The molecule has 0 spiro atoms. The summed E-state index contributed by atoms with van der Waals surface area (Å²) in [6.07, 6.45) is 3.51. The number of halogens is 1. The van der Waals surface area contributed by atoms with Gasteiger partial charge in [0.05, 0.1) is 12.5 Å². The molecule has 0 saturated carbocycles. The normalized spacial score (nSPS) is 24.3. The number of fused-ring (bicyclic) bond motifs is 2. The van der Waals surface area contributed by atoms with E-state index in [0.717, 1.165) is 42.4 Å². The van der Waals surface area contributed by atoms with Crippen LogP contribution < -0.4 is 10.6 Å². The first-order chi connectivity index (χ1) is 11.5. The van der Waals surface area contributed by atoms with Crippen LogP contribution in [0, 0.1) is 0 Å². The van der Waals surface area contributed by atoms with Crippen molar-refractivity contribution in [3.63, 3.8) is 0 Å². The number of hydrogen-bond donors (Lipinski definition) is 2. The molecule has 2 aliphatic heterocycles. The van der Waals surface area contributed by atoms with E-state index in [4.69, 9.17) is 0 Å². The molecule has 3 rings (SSSR count). The van der Waals surface area contributed by atoms with Crippen LogP contribution in [0.15, 0.2) is 28.7 Å². The third-order valence-corrected chi connectivity index (χ3v) is 5.50. The maximum atomic E-state index is 13.0. The van der Waals surface area contributed by atoms with Crippen molar-refractivity contribution in [1.29, 1.82) is 0 Å². The minimum atomic E-state index is -0.279. The Morgan fingerprint density at radius 2 is 1.96 bits per heavy atom. The van der Waals surface area contributed by atoms with Crippen LogP contribution in [0.4, 0.5) is 0 Å². The second-order valence-electron chi connectivity index (χ2n) is 6.69. The summed E-state index contributed by atoms with van der Waals surface area (Å²) in [6, 6.07) is 8.15. The fraction of sp³-hybridized carbons (Fsp3) is 0.556. The van der Waals surface area contributed by atoms with E-state index in [-0.39, 0.29) is 17.9 Å². The fourth-order valence-corrected chi connectivity index (χ4v) is 4.13. The van der Waals surface area contributed by atoms with E-state index in [1.165, 1.54) is 6.92 Å². The van der Waals surface area contributed by atoms with Gasteiger partial charge in [-0.3, -0.25) is 9.59 Å². The van der Waals surface area contributed by atoms with Gasteiger partial charge in [-0.2, -0.15) is 0 Å². The molecule has 3 atom stereocenters.